The Labute approximate surface area is 206 Å². The van der Waals surface area contributed by atoms with E-state index in [4.69, 9.17) is 4.74 Å². The van der Waals surface area contributed by atoms with E-state index < -0.39 is 5.72 Å². The van der Waals surface area contributed by atoms with Crippen molar-refractivity contribution < 1.29 is 9.53 Å². The van der Waals surface area contributed by atoms with Crippen LogP contribution in [-0.4, -0.2) is 24.7 Å². The van der Waals surface area contributed by atoms with Crippen molar-refractivity contribution in [2.24, 2.45) is 5.92 Å². The quantitative estimate of drug-likeness (QED) is 0.342. The molecule has 3 nitrogen and oxygen atoms in total. The van der Waals surface area contributed by atoms with E-state index in [1.807, 2.05) is 36.4 Å². The van der Waals surface area contributed by atoms with Crippen molar-refractivity contribution in [2.45, 2.75) is 23.5 Å². The lowest BCUT2D eigenvalue weighted by molar-refractivity contribution is -0.0267. The summed E-state index contributed by atoms with van der Waals surface area (Å²) in [5.74, 6) is -0.126. The zero-order chi connectivity index (χ0) is 23.5. The third kappa shape index (κ3) is 2.62. The highest BCUT2D eigenvalue weighted by Crippen LogP contribution is 2.69. The lowest BCUT2D eigenvalue weighted by Crippen LogP contribution is -2.56. The van der Waals surface area contributed by atoms with E-state index in [0.717, 1.165) is 12.0 Å². The third-order valence-electron chi connectivity index (χ3n) is 8.49. The summed E-state index contributed by atoms with van der Waals surface area (Å²) in [6, 6.07) is 39.9. The molecule has 7 rings (SSSR count). The number of fused-ring (bicyclic) bond motifs is 3. The van der Waals surface area contributed by atoms with Crippen molar-refractivity contribution in [3.8, 4) is 0 Å². The van der Waals surface area contributed by atoms with Gasteiger partial charge in [0.25, 0.3) is 0 Å². The van der Waals surface area contributed by atoms with Gasteiger partial charge in [0.1, 0.15) is 0 Å². The number of hydrogen-bond donors (Lipinski definition) is 0. The van der Waals surface area contributed by atoms with Crippen LogP contribution in [0.4, 0.5) is 5.69 Å². The van der Waals surface area contributed by atoms with Gasteiger partial charge in [-0.25, -0.2) is 0 Å². The van der Waals surface area contributed by atoms with Crippen molar-refractivity contribution in [2.75, 3.05) is 18.1 Å². The van der Waals surface area contributed by atoms with Gasteiger partial charge in [-0.2, -0.15) is 0 Å². The fourth-order valence-corrected chi connectivity index (χ4v) is 7.28. The number of carbonyl (C=O) groups excluding carboxylic acids is 1. The molecule has 2 saturated heterocycles. The number of hydrogen-bond acceptors (Lipinski definition) is 3. The number of Topliss-reactive ketones (excluding diaryl/α,β-unsaturated/α-hetero) is 1. The highest BCUT2D eigenvalue weighted by molar-refractivity contribution is 6.00. The van der Waals surface area contributed by atoms with Gasteiger partial charge in [0, 0.05) is 23.7 Å². The minimum atomic E-state index is -0.658. The molecule has 3 aliphatic rings. The number of benzene rings is 4. The molecule has 0 amide bonds. The molecule has 4 aromatic rings. The van der Waals surface area contributed by atoms with Crippen LogP contribution < -0.4 is 4.90 Å². The van der Waals surface area contributed by atoms with E-state index in [0.29, 0.717) is 13.2 Å². The lowest BCUT2D eigenvalue weighted by Gasteiger charge is -2.45. The average Bonchev–Trinajstić information content (AvgIpc) is 3.55. The maximum absolute atomic E-state index is 14.1. The van der Waals surface area contributed by atoms with Crippen LogP contribution in [0.3, 0.4) is 0 Å². The molecule has 0 aliphatic carbocycles. The Morgan fingerprint density at radius 2 is 1.40 bits per heavy atom. The standard InChI is InChI=1S/C32H27NO2/c34-30(24-14-6-2-7-15-24)26-22-33-28-19-11-10-18-27(28)31(25-16-8-3-9-17-25)20-21-35-32(31,33)29(26)23-12-4-1-5-13-23/h1-19,26,29H,20-22H2/t26-,29+,31+,32-/m1/s1. The Morgan fingerprint density at radius 1 is 0.771 bits per heavy atom. The van der Waals surface area contributed by atoms with Gasteiger partial charge in [-0.15, -0.1) is 0 Å². The monoisotopic (exact) mass is 457 g/mol. The number of rotatable bonds is 4. The normalized spacial score (nSPS) is 28.4. The van der Waals surface area contributed by atoms with E-state index in [1.165, 1.54) is 22.4 Å². The average molecular weight is 458 g/mol. The molecule has 1 spiro atoms. The molecule has 0 unspecified atom stereocenters. The van der Waals surface area contributed by atoms with Crippen LogP contribution >= 0.6 is 0 Å². The first-order chi connectivity index (χ1) is 17.3. The van der Waals surface area contributed by atoms with Gasteiger partial charge in [-0.3, -0.25) is 4.79 Å². The molecule has 0 N–H and O–H groups in total. The van der Waals surface area contributed by atoms with Crippen LogP contribution in [0.25, 0.3) is 0 Å². The van der Waals surface area contributed by atoms with Crippen LogP contribution in [0, 0.1) is 5.92 Å². The molecule has 35 heavy (non-hydrogen) atoms. The third-order valence-corrected chi connectivity index (χ3v) is 8.49. The van der Waals surface area contributed by atoms with E-state index in [2.05, 4.69) is 83.8 Å². The van der Waals surface area contributed by atoms with Crippen LogP contribution in [0.1, 0.15) is 39.4 Å². The minimum absolute atomic E-state index is 0.105. The minimum Gasteiger partial charge on any atom is -0.354 e. The second-order valence-electron chi connectivity index (χ2n) is 9.92. The molecule has 3 aliphatic heterocycles. The predicted octanol–water partition coefficient (Wildman–Crippen LogP) is 6.21. The van der Waals surface area contributed by atoms with Crippen molar-refractivity contribution >= 4 is 11.5 Å². The van der Waals surface area contributed by atoms with Crippen LogP contribution in [0.2, 0.25) is 0 Å². The fourth-order valence-electron chi connectivity index (χ4n) is 7.28. The van der Waals surface area contributed by atoms with Gasteiger partial charge in [0.05, 0.1) is 17.9 Å². The predicted molar refractivity (Wildman–Crippen MR) is 138 cm³/mol. The Bertz CT molecular complexity index is 1390. The van der Waals surface area contributed by atoms with E-state index >= 15 is 0 Å². The zero-order valence-electron chi connectivity index (χ0n) is 19.5. The summed E-state index contributed by atoms with van der Waals surface area (Å²) in [5, 5.41) is 0. The summed E-state index contributed by atoms with van der Waals surface area (Å²) < 4.78 is 6.99. The van der Waals surface area contributed by atoms with Gasteiger partial charge >= 0.3 is 0 Å². The molecule has 4 atom stereocenters. The number of carbonyl (C=O) groups is 1. The lowest BCUT2D eigenvalue weighted by atomic mass is 9.62. The number of ketones is 1. The molecular formula is C32H27NO2. The summed E-state index contributed by atoms with van der Waals surface area (Å²) >= 11 is 0. The van der Waals surface area contributed by atoms with Crippen molar-refractivity contribution in [1.82, 2.24) is 0 Å². The van der Waals surface area contributed by atoms with Crippen molar-refractivity contribution in [1.29, 1.82) is 0 Å². The molecular weight excluding hydrogens is 430 g/mol. The molecule has 0 bridgehead atoms. The Balaban J connectivity index is 1.51. The highest BCUT2D eigenvalue weighted by atomic mass is 16.5. The first-order valence-electron chi connectivity index (χ1n) is 12.5. The molecule has 0 radical (unpaired) electrons. The molecule has 4 aromatic carbocycles. The summed E-state index contributed by atoms with van der Waals surface area (Å²) in [4.78, 5) is 16.6. The van der Waals surface area contributed by atoms with Crippen LogP contribution in [-0.2, 0) is 10.2 Å². The zero-order valence-corrected chi connectivity index (χ0v) is 19.5. The van der Waals surface area contributed by atoms with Crippen molar-refractivity contribution in [3.63, 3.8) is 0 Å². The van der Waals surface area contributed by atoms with Crippen molar-refractivity contribution in [3.05, 3.63) is 138 Å². The second kappa shape index (κ2) is 7.66. The van der Waals surface area contributed by atoms with Gasteiger partial charge in [0.15, 0.2) is 11.5 Å². The Hall–Kier alpha value is -3.69. The molecule has 2 fully saturated rings. The first kappa shape index (κ1) is 20.7. The fraction of sp³-hybridized carbons (Fsp3) is 0.219. The number of nitrogens with zero attached hydrogens (tertiary/aromatic N) is 1. The van der Waals surface area contributed by atoms with Gasteiger partial charge in [-0.05, 0) is 29.2 Å². The Morgan fingerprint density at radius 3 is 2.14 bits per heavy atom. The molecule has 3 heterocycles. The molecule has 0 saturated carbocycles. The number of para-hydroxylation sites is 1. The first-order valence-corrected chi connectivity index (χ1v) is 12.5. The maximum atomic E-state index is 14.1. The molecule has 3 heteroatoms. The van der Waals surface area contributed by atoms with Gasteiger partial charge < -0.3 is 9.64 Å². The smallest absolute Gasteiger partial charge is 0.168 e. The second-order valence-corrected chi connectivity index (χ2v) is 9.92. The van der Waals surface area contributed by atoms with E-state index in [1.54, 1.807) is 0 Å². The SMILES string of the molecule is O=C(c1ccccc1)[C@@H]1CN2c3ccccc3[C@@]3(c4ccccc4)CCO[C@@]23[C@H]1c1ccccc1. The van der Waals surface area contributed by atoms with E-state index in [9.17, 15) is 4.79 Å². The summed E-state index contributed by atoms with van der Waals surface area (Å²) in [6.45, 7) is 1.30. The summed E-state index contributed by atoms with van der Waals surface area (Å²) in [7, 11) is 0. The van der Waals surface area contributed by atoms with Crippen LogP contribution in [0.5, 0.6) is 0 Å². The topological polar surface area (TPSA) is 29.5 Å². The highest BCUT2D eigenvalue weighted by Gasteiger charge is 2.74. The summed E-state index contributed by atoms with van der Waals surface area (Å²) in [5.41, 5.74) is 4.70. The summed E-state index contributed by atoms with van der Waals surface area (Å²) in [6.07, 6.45) is 0.889. The Kier molecular flexibility index (Phi) is 4.52. The molecule has 172 valence electrons. The largest absolute Gasteiger partial charge is 0.354 e. The van der Waals surface area contributed by atoms with Gasteiger partial charge in [0.2, 0.25) is 0 Å². The van der Waals surface area contributed by atoms with E-state index in [-0.39, 0.29) is 23.0 Å². The maximum Gasteiger partial charge on any atom is 0.168 e. The van der Waals surface area contributed by atoms with Crippen LogP contribution in [0.15, 0.2) is 115 Å². The number of ether oxygens (including phenoxy) is 1. The van der Waals surface area contributed by atoms with Gasteiger partial charge in [-0.1, -0.05) is 109 Å². The molecule has 0 aromatic heterocycles. The number of anilines is 1.